The van der Waals surface area contributed by atoms with Crippen LogP contribution in [-0.2, 0) is 0 Å². The van der Waals surface area contributed by atoms with E-state index in [9.17, 15) is 13.6 Å². The van der Waals surface area contributed by atoms with E-state index in [1.807, 2.05) is 6.26 Å². The number of nitrogens with one attached hydrogen (secondary N) is 1. The van der Waals surface area contributed by atoms with Crippen molar-refractivity contribution >= 4 is 23.4 Å². The van der Waals surface area contributed by atoms with Crippen LogP contribution in [0.3, 0.4) is 0 Å². The molecule has 1 aromatic rings. The number of thioether (sulfide) groups is 1. The second-order valence-corrected chi connectivity index (χ2v) is 4.03. The first-order chi connectivity index (χ1) is 7.56. The van der Waals surface area contributed by atoms with Crippen LogP contribution in [0.1, 0.15) is 10.4 Å². The Kier molecular flexibility index (Phi) is 4.54. The van der Waals surface area contributed by atoms with Crippen molar-refractivity contribution in [3.05, 3.63) is 29.3 Å². The van der Waals surface area contributed by atoms with Gasteiger partial charge >= 0.3 is 5.97 Å². The van der Waals surface area contributed by atoms with E-state index in [1.54, 1.807) is 0 Å². The third-order valence-corrected chi connectivity index (χ3v) is 2.51. The summed E-state index contributed by atoms with van der Waals surface area (Å²) in [4.78, 5) is 10.5. The summed E-state index contributed by atoms with van der Waals surface area (Å²) in [6.45, 7) is 0.418. The van der Waals surface area contributed by atoms with Crippen LogP contribution in [0.15, 0.2) is 12.1 Å². The molecule has 0 atom stereocenters. The molecule has 0 heterocycles. The van der Waals surface area contributed by atoms with Gasteiger partial charge in [-0.15, -0.1) is 0 Å². The quantitative estimate of drug-likeness (QED) is 0.785. The van der Waals surface area contributed by atoms with Gasteiger partial charge in [-0.3, -0.25) is 0 Å². The Morgan fingerprint density at radius 1 is 1.44 bits per heavy atom. The Morgan fingerprint density at radius 3 is 2.44 bits per heavy atom. The van der Waals surface area contributed by atoms with E-state index in [1.165, 1.54) is 11.8 Å². The molecule has 0 spiro atoms. The van der Waals surface area contributed by atoms with E-state index in [4.69, 9.17) is 5.11 Å². The molecule has 3 nitrogen and oxygen atoms in total. The summed E-state index contributed by atoms with van der Waals surface area (Å²) in [6.07, 6.45) is 1.88. The molecule has 0 unspecified atom stereocenters. The fourth-order valence-corrected chi connectivity index (χ4v) is 1.45. The lowest BCUT2D eigenvalue weighted by molar-refractivity contribution is 0.0696. The number of carboxylic acid groups (broad SMARTS) is 1. The first-order valence-electron chi connectivity index (χ1n) is 4.51. The molecular weight excluding hydrogens is 236 g/mol. The molecule has 0 fully saturated rings. The van der Waals surface area contributed by atoms with Gasteiger partial charge in [-0.1, -0.05) is 0 Å². The van der Waals surface area contributed by atoms with Gasteiger partial charge < -0.3 is 10.4 Å². The summed E-state index contributed by atoms with van der Waals surface area (Å²) in [6, 6.07) is 1.60. The highest BCUT2D eigenvalue weighted by Crippen LogP contribution is 2.20. The molecule has 0 aliphatic rings. The number of carboxylic acids is 1. The van der Waals surface area contributed by atoms with Gasteiger partial charge in [-0.05, 0) is 18.4 Å². The maximum atomic E-state index is 13.3. The summed E-state index contributed by atoms with van der Waals surface area (Å²) in [7, 11) is 0. The Bertz CT molecular complexity index is 375. The van der Waals surface area contributed by atoms with Crippen molar-refractivity contribution in [2.45, 2.75) is 0 Å². The van der Waals surface area contributed by atoms with Gasteiger partial charge in [-0.25, -0.2) is 13.6 Å². The highest BCUT2D eigenvalue weighted by molar-refractivity contribution is 7.98. The van der Waals surface area contributed by atoms with Crippen molar-refractivity contribution in [3.63, 3.8) is 0 Å². The van der Waals surface area contributed by atoms with E-state index >= 15 is 0 Å². The minimum absolute atomic E-state index is 0.279. The third-order valence-electron chi connectivity index (χ3n) is 1.90. The SMILES string of the molecule is CSCCNc1c(F)cc(C(=O)O)cc1F. The average Bonchev–Trinajstić information content (AvgIpc) is 2.21. The van der Waals surface area contributed by atoms with Crippen LogP contribution < -0.4 is 5.32 Å². The van der Waals surface area contributed by atoms with E-state index in [-0.39, 0.29) is 5.69 Å². The van der Waals surface area contributed by atoms with E-state index in [0.29, 0.717) is 12.3 Å². The molecule has 88 valence electrons. The minimum Gasteiger partial charge on any atom is -0.478 e. The number of hydrogen-bond acceptors (Lipinski definition) is 3. The van der Waals surface area contributed by atoms with Crippen molar-refractivity contribution in [2.24, 2.45) is 0 Å². The monoisotopic (exact) mass is 247 g/mol. The normalized spacial score (nSPS) is 10.2. The first kappa shape index (κ1) is 12.8. The second-order valence-electron chi connectivity index (χ2n) is 3.04. The van der Waals surface area contributed by atoms with Gasteiger partial charge in [0.2, 0.25) is 0 Å². The predicted octanol–water partition coefficient (Wildman–Crippen LogP) is 2.44. The molecule has 2 N–H and O–H groups in total. The molecule has 1 aromatic carbocycles. The largest absolute Gasteiger partial charge is 0.478 e. The maximum Gasteiger partial charge on any atom is 0.335 e. The zero-order chi connectivity index (χ0) is 12.1. The fourth-order valence-electron chi connectivity index (χ4n) is 1.14. The zero-order valence-corrected chi connectivity index (χ0v) is 9.41. The molecular formula is C10H11F2NO2S. The Hall–Kier alpha value is -1.30. The number of rotatable bonds is 5. The summed E-state index contributed by atoms with van der Waals surface area (Å²) in [5, 5.41) is 11.2. The van der Waals surface area contributed by atoms with Crippen LogP contribution in [0.25, 0.3) is 0 Å². The van der Waals surface area contributed by atoms with Gasteiger partial charge in [0.05, 0.1) is 5.56 Å². The van der Waals surface area contributed by atoms with Crippen molar-refractivity contribution in [3.8, 4) is 0 Å². The third kappa shape index (κ3) is 3.10. The number of carbonyl (C=O) groups is 1. The van der Waals surface area contributed by atoms with Crippen LogP contribution >= 0.6 is 11.8 Å². The van der Waals surface area contributed by atoms with Crippen LogP contribution in [0.4, 0.5) is 14.5 Å². The van der Waals surface area contributed by atoms with Crippen molar-refractivity contribution in [2.75, 3.05) is 23.9 Å². The molecule has 16 heavy (non-hydrogen) atoms. The Morgan fingerprint density at radius 2 is 2.00 bits per heavy atom. The number of benzene rings is 1. The highest BCUT2D eigenvalue weighted by atomic mass is 32.2. The summed E-state index contributed by atoms with van der Waals surface area (Å²) < 4.78 is 26.7. The van der Waals surface area contributed by atoms with Crippen molar-refractivity contribution < 1.29 is 18.7 Å². The minimum atomic E-state index is -1.35. The van der Waals surface area contributed by atoms with Crippen LogP contribution in [0.2, 0.25) is 0 Å². The molecule has 6 heteroatoms. The molecule has 0 amide bonds. The molecule has 1 rings (SSSR count). The average molecular weight is 247 g/mol. The molecule has 0 aliphatic carbocycles. The number of halogens is 2. The van der Waals surface area contributed by atoms with Crippen LogP contribution in [0.5, 0.6) is 0 Å². The highest BCUT2D eigenvalue weighted by Gasteiger charge is 2.13. The standard InChI is InChI=1S/C10H11F2NO2S/c1-16-3-2-13-9-7(11)4-6(10(14)15)5-8(9)12/h4-5,13H,2-3H2,1H3,(H,14,15). The lowest BCUT2D eigenvalue weighted by Gasteiger charge is -2.08. The Balaban J connectivity index is 2.89. The van der Waals surface area contributed by atoms with E-state index in [0.717, 1.165) is 12.1 Å². The smallest absolute Gasteiger partial charge is 0.335 e. The Labute approximate surface area is 95.9 Å². The number of anilines is 1. The first-order valence-corrected chi connectivity index (χ1v) is 5.90. The lowest BCUT2D eigenvalue weighted by Crippen LogP contribution is -2.09. The number of hydrogen-bond donors (Lipinski definition) is 2. The lowest BCUT2D eigenvalue weighted by atomic mass is 10.2. The van der Waals surface area contributed by atoms with Crippen molar-refractivity contribution in [1.82, 2.24) is 0 Å². The van der Waals surface area contributed by atoms with Gasteiger partial charge in [0.25, 0.3) is 0 Å². The second kappa shape index (κ2) is 5.69. The van der Waals surface area contributed by atoms with Crippen molar-refractivity contribution in [1.29, 1.82) is 0 Å². The predicted molar refractivity (Wildman–Crippen MR) is 60.2 cm³/mol. The van der Waals surface area contributed by atoms with Gasteiger partial charge in [0.1, 0.15) is 17.3 Å². The summed E-state index contributed by atoms with van der Waals surface area (Å²) in [5.74, 6) is -2.43. The molecule has 0 saturated heterocycles. The van der Waals surface area contributed by atoms with Gasteiger partial charge in [0.15, 0.2) is 0 Å². The molecule has 0 radical (unpaired) electrons. The summed E-state index contributed by atoms with van der Waals surface area (Å²) >= 11 is 1.54. The van der Waals surface area contributed by atoms with E-state index in [2.05, 4.69) is 5.32 Å². The van der Waals surface area contributed by atoms with Gasteiger partial charge in [0, 0.05) is 12.3 Å². The van der Waals surface area contributed by atoms with Gasteiger partial charge in [-0.2, -0.15) is 11.8 Å². The summed E-state index contributed by atoms with van der Waals surface area (Å²) in [5.41, 5.74) is -0.676. The molecule has 0 bridgehead atoms. The zero-order valence-electron chi connectivity index (χ0n) is 8.59. The van der Waals surface area contributed by atoms with E-state index < -0.39 is 23.2 Å². The van der Waals surface area contributed by atoms with Crippen LogP contribution in [0, 0.1) is 11.6 Å². The molecule has 0 saturated carbocycles. The topological polar surface area (TPSA) is 49.3 Å². The van der Waals surface area contributed by atoms with Crippen LogP contribution in [-0.4, -0.2) is 29.6 Å². The fraction of sp³-hybridized carbons (Fsp3) is 0.300. The molecule has 0 aliphatic heterocycles. The maximum absolute atomic E-state index is 13.3. The number of aromatic carboxylic acids is 1. The molecule has 0 aromatic heterocycles.